The Bertz CT molecular complexity index is 1230. The molecule has 1 heterocycles. The second-order valence-corrected chi connectivity index (χ2v) is 8.02. The van der Waals surface area contributed by atoms with E-state index in [1.165, 1.54) is 18.4 Å². The molecule has 4 aromatic rings. The number of ketones is 1. The van der Waals surface area contributed by atoms with Gasteiger partial charge in [-0.3, -0.25) is 4.79 Å². The van der Waals surface area contributed by atoms with Crippen molar-refractivity contribution in [2.45, 2.75) is 32.0 Å². The number of rotatable bonds is 8. The molecule has 34 heavy (non-hydrogen) atoms. The third-order valence-corrected chi connectivity index (χ3v) is 5.47. The van der Waals surface area contributed by atoms with Crippen molar-refractivity contribution in [2.24, 2.45) is 0 Å². The van der Waals surface area contributed by atoms with E-state index in [1.807, 2.05) is 48.5 Å². The summed E-state index contributed by atoms with van der Waals surface area (Å²) >= 11 is 0. The lowest BCUT2D eigenvalue weighted by Crippen LogP contribution is -2.06. The minimum absolute atomic E-state index is 0.0567. The molecular weight excluding hydrogens is 443 g/mol. The number of Topliss-reactive ketones (excluding diaryl/α,β-unsaturated/α-hetero) is 1. The second-order valence-electron chi connectivity index (χ2n) is 8.02. The Kier molecular flexibility index (Phi) is 6.82. The van der Waals surface area contributed by atoms with Gasteiger partial charge in [0.05, 0.1) is 11.3 Å². The third-order valence-electron chi connectivity index (χ3n) is 5.47. The third kappa shape index (κ3) is 5.73. The van der Waals surface area contributed by atoms with Crippen molar-refractivity contribution in [1.29, 1.82) is 0 Å². The minimum Gasteiger partial charge on any atom is -0.489 e. The van der Waals surface area contributed by atoms with Crippen LogP contribution in [0, 0.1) is 0 Å². The smallest absolute Gasteiger partial charge is 0.416 e. The number of hydrogen-bond acceptors (Lipinski definition) is 4. The van der Waals surface area contributed by atoms with Gasteiger partial charge in [0.15, 0.2) is 0 Å². The lowest BCUT2D eigenvalue weighted by molar-refractivity contribution is -0.137. The number of nitrogens with zero attached hydrogens (tertiary/aromatic N) is 1. The van der Waals surface area contributed by atoms with Crippen LogP contribution in [0.1, 0.15) is 41.6 Å². The van der Waals surface area contributed by atoms with E-state index in [1.54, 1.807) is 13.0 Å². The number of carbonyl (C=O) groups is 1. The van der Waals surface area contributed by atoms with Crippen molar-refractivity contribution >= 4 is 5.78 Å². The Morgan fingerprint density at radius 2 is 1.71 bits per heavy atom. The van der Waals surface area contributed by atoms with Crippen LogP contribution < -0.4 is 4.74 Å². The fraction of sp³-hybridized carbons (Fsp3) is 0.185. The minimum atomic E-state index is -4.36. The SMILES string of the molecule is CC(=O)C[C@@H](c1ccc(OCc2cccc(-c3ccc(C(F)(F)F)cc3)c2)cc1)c1ccon1. The van der Waals surface area contributed by atoms with E-state index in [2.05, 4.69) is 5.16 Å². The molecule has 0 aliphatic rings. The van der Waals surface area contributed by atoms with Gasteiger partial charge in [0.1, 0.15) is 24.4 Å². The van der Waals surface area contributed by atoms with E-state index >= 15 is 0 Å². The summed E-state index contributed by atoms with van der Waals surface area (Å²) in [6.45, 7) is 1.84. The summed E-state index contributed by atoms with van der Waals surface area (Å²) in [5.74, 6) is 0.525. The molecule has 1 atom stereocenters. The summed E-state index contributed by atoms with van der Waals surface area (Å²) in [5, 5.41) is 3.98. The van der Waals surface area contributed by atoms with Gasteiger partial charge in [-0.15, -0.1) is 0 Å². The molecule has 0 N–H and O–H groups in total. The van der Waals surface area contributed by atoms with Gasteiger partial charge in [-0.25, -0.2) is 0 Å². The van der Waals surface area contributed by atoms with Crippen LogP contribution in [0.5, 0.6) is 5.75 Å². The monoisotopic (exact) mass is 465 g/mol. The van der Waals surface area contributed by atoms with Crippen LogP contribution in [0.2, 0.25) is 0 Å². The molecule has 4 rings (SSSR count). The molecule has 0 spiro atoms. The van der Waals surface area contributed by atoms with Gasteiger partial charge in [0.2, 0.25) is 0 Å². The lowest BCUT2D eigenvalue weighted by atomic mass is 9.91. The average Bonchev–Trinajstić information content (AvgIpc) is 3.36. The highest BCUT2D eigenvalue weighted by atomic mass is 19.4. The van der Waals surface area contributed by atoms with Gasteiger partial charge in [0, 0.05) is 18.4 Å². The standard InChI is InChI=1S/C27H22F3NO3/c1-18(32)15-25(26-13-14-34-31-26)21-7-11-24(12-8-21)33-17-19-3-2-4-22(16-19)20-5-9-23(10-6-20)27(28,29)30/h2-14,16,25H,15,17H2,1H3/t25-/m0/s1. The zero-order valence-corrected chi connectivity index (χ0v) is 18.4. The molecule has 0 unspecified atom stereocenters. The summed E-state index contributed by atoms with van der Waals surface area (Å²) in [7, 11) is 0. The van der Waals surface area contributed by atoms with E-state index in [4.69, 9.17) is 9.26 Å². The van der Waals surface area contributed by atoms with Crippen molar-refractivity contribution in [1.82, 2.24) is 5.16 Å². The Labute approximate surface area is 195 Å². The van der Waals surface area contributed by atoms with Crippen LogP contribution in [0.3, 0.4) is 0 Å². The van der Waals surface area contributed by atoms with Crippen molar-refractivity contribution in [3.63, 3.8) is 0 Å². The molecule has 0 aliphatic carbocycles. The topological polar surface area (TPSA) is 52.3 Å². The fourth-order valence-electron chi connectivity index (χ4n) is 3.74. The molecule has 174 valence electrons. The van der Waals surface area contributed by atoms with Gasteiger partial charge >= 0.3 is 6.18 Å². The fourth-order valence-corrected chi connectivity index (χ4v) is 3.74. The van der Waals surface area contributed by atoms with Crippen LogP contribution in [0.15, 0.2) is 89.6 Å². The summed E-state index contributed by atoms with van der Waals surface area (Å²) in [6.07, 6.45) is -2.55. The summed E-state index contributed by atoms with van der Waals surface area (Å²) in [6, 6.07) is 21.8. The Hall–Kier alpha value is -3.87. The number of carbonyl (C=O) groups excluding carboxylic acids is 1. The predicted octanol–water partition coefficient (Wildman–Crippen LogP) is 7.05. The first-order chi connectivity index (χ1) is 16.3. The van der Waals surface area contributed by atoms with E-state index in [0.29, 0.717) is 30.0 Å². The molecule has 0 fully saturated rings. The van der Waals surface area contributed by atoms with E-state index in [9.17, 15) is 18.0 Å². The van der Waals surface area contributed by atoms with Crippen LogP contribution in [0.4, 0.5) is 13.2 Å². The Morgan fingerprint density at radius 3 is 2.32 bits per heavy atom. The van der Waals surface area contributed by atoms with Crippen LogP contribution in [0.25, 0.3) is 11.1 Å². The zero-order valence-electron chi connectivity index (χ0n) is 18.4. The molecule has 0 radical (unpaired) electrons. The molecule has 4 nitrogen and oxygen atoms in total. The van der Waals surface area contributed by atoms with Gasteiger partial charge in [-0.2, -0.15) is 13.2 Å². The average molecular weight is 465 g/mol. The maximum atomic E-state index is 12.8. The maximum absolute atomic E-state index is 12.8. The Balaban J connectivity index is 1.43. The second kappa shape index (κ2) is 9.95. The summed E-state index contributed by atoms with van der Waals surface area (Å²) in [5.41, 5.74) is 3.35. The van der Waals surface area contributed by atoms with Gasteiger partial charge in [0.25, 0.3) is 0 Å². The van der Waals surface area contributed by atoms with Gasteiger partial charge in [-0.05, 0) is 59.5 Å². The highest BCUT2D eigenvalue weighted by molar-refractivity contribution is 5.77. The van der Waals surface area contributed by atoms with Crippen LogP contribution >= 0.6 is 0 Å². The first-order valence-corrected chi connectivity index (χ1v) is 10.7. The first kappa shape index (κ1) is 23.3. The number of halogens is 3. The molecule has 0 saturated heterocycles. The summed E-state index contributed by atoms with van der Waals surface area (Å²) in [4.78, 5) is 11.7. The van der Waals surface area contributed by atoms with Gasteiger partial charge in [-0.1, -0.05) is 47.6 Å². The zero-order chi connectivity index (χ0) is 24.1. The highest BCUT2D eigenvalue weighted by Crippen LogP contribution is 2.32. The van der Waals surface area contributed by atoms with Crippen LogP contribution in [-0.4, -0.2) is 10.9 Å². The molecular formula is C27H22F3NO3. The summed E-state index contributed by atoms with van der Waals surface area (Å²) < 4.78 is 49.3. The van der Waals surface area contributed by atoms with Crippen molar-refractivity contribution in [3.05, 3.63) is 108 Å². The first-order valence-electron chi connectivity index (χ1n) is 10.7. The molecule has 0 bridgehead atoms. The number of alkyl halides is 3. The quantitative estimate of drug-likeness (QED) is 0.280. The number of benzene rings is 3. The maximum Gasteiger partial charge on any atom is 0.416 e. The molecule has 0 aliphatic heterocycles. The lowest BCUT2D eigenvalue weighted by Gasteiger charge is -2.14. The predicted molar refractivity (Wildman–Crippen MR) is 121 cm³/mol. The van der Waals surface area contributed by atoms with Crippen molar-refractivity contribution < 1.29 is 27.2 Å². The largest absolute Gasteiger partial charge is 0.489 e. The number of ether oxygens (including phenoxy) is 1. The Morgan fingerprint density at radius 1 is 0.971 bits per heavy atom. The number of hydrogen-bond donors (Lipinski definition) is 0. The van der Waals surface area contributed by atoms with Crippen molar-refractivity contribution in [3.8, 4) is 16.9 Å². The normalized spacial score (nSPS) is 12.4. The van der Waals surface area contributed by atoms with E-state index < -0.39 is 11.7 Å². The molecule has 0 amide bonds. The molecule has 0 saturated carbocycles. The highest BCUT2D eigenvalue weighted by Gasteiger charge is 2.30. The van der Waals surface area contributed by atoms with E-state index in [0.717, 1.165) is 28.8 Å². The van der Waals surface area contributed by atoms with Crippen LogP contribution in [-0.2, 0) is 17.6 Å². The molecule has 3 aromatic carbocycles. The van der Waals surface area contributed by atoms with E-state index in [-0.39, 0.29) is 11.7 Å². The number of aromatic nitrogens is 1. The molecule has 7 heteroatoms. The van der Waals surface area contributed by atoms with Gasteiger partial charge < -0.3 is 9.26 Å². The van der Waals surface area contributed by atoms with Crippen molar-refractivity contribution in [2.75, 3.05) is 0 Å². The molecule has 1 aromatic heterocycles.